The zero-order chi connectivity index (χ0) is 26.8. The molecule has 0 radical (unpaired) electrons. The minimum Gasteiger partial charge on any atom is -0.481 e. The van der Waals surface area contributed by atoms with Crippen LogP contribution in [0.3, 0.4) is 0 Å². The van der Waals surface area contributed by atoms with E-state index < -0.39 is 34.7 Å². The van der Waals surface area contributed by atoms with Gasteiger partial charge in [-0.15, -0.1) is 11.3 Å². The molecule has 1 amide bonds. The molecule has 1 aromatic heterocycles. The molecule has 2 aliphatic heterocycles. The van der Waals surface area contributed by atoms with Gasteiger partial charge in [-0.05, 0) is 49.2 Å². The number of likely N-dealkylation sites (N-methyl/N-ethyl adjacent to an activating group) is 1. The fraction of sp³-hybridized carbons (Fsp3) is 0.393. The first-order valence-corrected chi connectivity index (χ1v) is 14.3. The molecule has 3 atom stereocenters. The number of thiazole rings is 1. The average molecular weight is 575 g/mol. The van der Waals surface area contributed by atoms with Crippen molar-refractivity contribution in [2.75, 3.05) is 12.4 Å². The highest BCUT2D eigenvalue weighted by Crippen LogP contribution is 2.69. The number of likely N-dealkylation sites (tertiary alicyclic amines) is 1. The van der Waals surface area contributed by atoms with E-state index >= 15 is 4.39 Å². The highest BCUT2D eigenvalue weighted by Gasteiger charge is 2.74. The summed E-state index contributed by atoms with van der Waals surface area (Å²) in [5.41, 5.74) is 0.464. The number of carbonyl (C=O) groups excluding carboxylic acids is 1. The predicted molar refractivity (Wildman–Crippen MR) is 146 cm³/mol. The first-order valence-electron chi connectivity index (χ1n) is 12.6. The fourth-order valence-electron chi connectivity index (χ4n) is 7.42. The molecule has 38 heavy (non-hydrogen) atoms. The van der Waals surface area contributed by atoms with Crippen molar-refractivity contribution in [1.29, 1.82) is 0 Å². The van der Waals surface area contributed by atoms with Crippen LogP contribution >= 0.6 is 34.5 Å². The lowest BCUT2D eigenvalue weighted by Gasteiger charge is -2.50. The SMILES string of the molecule is CN1[C@@H](c2nc(CC(=O)O)cs2)[C@H](c2cccc(Cl)c2F)[C@]2(C(=O)Nc3cc(Cl)ccc32)C12CCCCC2. The number of carboxylic acid groups (broad SMARTS) is 1. The average Bonchev–Trinajstić information content (AvgIpc) is 3.50. The third-order valence-corrected chi connectivity index (χ3v) is 10.3. The van der Waals surface area contributed by atoms with E-state index in [4.69, 9.17) is 28.2 Å². The van der Waals surface area contributed by atoms with E-state index in [1.807, 2.05) is 13.1 Å². The summed E-state index contributed by atoms with van der Waals surface area (Å²) in [6, 6.07) is 9.89. The van der Waals surface area contributed by atoms with E-state index in [1.54, 1.807) is 29.6 Å². The molecule has 6 rings (SSSR count). The molecule has 198 valence electrons. The van der Waals surface area contributed by atoms with Crippen LogP contribution in [0.15, 0.2) is 41.8 Å². The lowest BCUT2D eigenvalue weighted by molar-refractivity contribution is -0.136. The number of benzene rings is 2. The van der Waals surface area contributed by atoms with Gasteiger partial charge in [-0.25, -0.2) is 9.37 Å². The van der Waals surface area contributed by atoms with Crippen molar-refractivity contribution in [2.24, 2.45) is 0 Å². The van der Waals surface area contributed by atoms with E-state index in [1.165, 1.54) is 17.4 Å². The smallest absolute Gasteiger partial charge is 0.309 e. The second-order valence-corrected chi connectivity index (χ2v) is 12.2. The van der Waals surface area contributed by atoms with Gasteiger partial charge in [-0.1, -0.05) is 60.7 Å². The van der Waals surface area contributed by atoms with Gasteiger partial charge in [0.1, 0.15) is 16.2 Å². The molecule has 2 aromatic carbocycles. The summed E-state index contributed by atoms with van der Waals surface area (Å²) in [5.74, 6) is -2.38. The lowest BCUT2D eigenvalue weighted by Crippen LogP contribution is -2.60. The molecule has 3 aromatic rings. The molecule has 1 aliphatic carbocycles. The van der Waals surface area contributed by atoms with E-state index in [0.717, 1.165) is 37.7 Å². The van der Waals surface area contributed by atoms with Crippen LogP contribution in [-0.2, 0) is 21.4 Å². The number of nitrogens with one attached hydrogen (secondary N) is 1. The van der Waals surface area contributed by atoms with Gasteiger partial charge in [0.25, 0.3) is 0 Å². The number of carboxylic acids is 1. The van der Waals surface area contributed by atoms with Crippen LogP contribution in [0.1, 0.15) is 65.9 Å². The molecule has 2 fully saturated rings. The van der Waals surface area contributed by atoms with Gasteiger partial charge in [-0.2, -0.15) is 0 Å². The minimum atomic E-state index is -1.14. The standard InChI is InChI=1S/C28H26Cl2FN3O3S/c1-34-24(25-32-16(14-38-25)13-21(35)36)22(17-6-5-7-19(30)23(17)31)28(27(34)10-3-2-4-11-27)18-9-8-15(29)12-20(18)33-26(28)37/h5-9,12,14,22,24H,2-4,10-11,13H2,1H3,(H,33,37)(H,35,36)/t22-,24+,28+/m0/s1. The number of aliphatic carboxylic acids is 1. The zero-order valence-corrected chi connectivity index (χ0v) is 23.0. The molecule has 2 spiro atoms. The minimum absolute atomic E-state index is 0.0101. The van der Waals surface area contributed by atoms with Crippen LogP contribution in [0.4, 0.5) is 10.1 Å². The number of aromatic nitrogens is 1. The number of anilines is 1. The Bertz CT molecular complexity index is 1460. The normalized spacial score (nSPS) is 26.2. The van der Waals surface area contributed by atoms with Crippen molar-refractivity contribution in [3.05, 3.63) is 79.5 Å². The first-order chi connectivity index (χ1) is 18.2. The summed E-state index contributed by atoms with van der Waals surface area (Å²) >= 11 is 14.0. The van der Waals surface area contributed by atoms with Crippen LogP contribution in [-0.4, -0.2) is 39.5 Å². The van der Waals surface area contributed by atoms with E-state index in [0.29, 0.717) is 27.0 Å². The van der Waals surface area contributed by atoms with Gasteiger partial charge in [-0.3, -0.25) is 14.5 Å². The predicted octanol–water partition coefficient (Wildman–Crippen LogP) is 6.58. The maximum absolute atomic E-state index is 16.0. The summed E-state index contributed by atoms with van der Waals surface area (Å²) in [5, 5.41) is 15.3. The molecule has 10 heteroatoms. The molecule has 6 nitrogen and oxygen atoms in total. The van der Waals surface area contributed by atoms with Crippen molar-refractivity contribution in [1.82, 2.24) is 9.88 Å². The van der Waals surface area contributed by atoms with Gasteiger partial charge in [0, 0.05) is 27.5 Å². The largest absolute Gasteiger partial charge is 0.481 e. The van der Waals surface area contributed by atoms with Crippen molar-refractivity contribution in [3.8, 4) is 0 Å². The Morgan fingerprint density at radius 3 is 2.74 bits per heavy atom. The summed E-state index contributed by atoms with van der Waals surface area (Å²) in [6.07, 6.45) is 4.22. The van der Waals surface area contributed by atoms with E-state index in [9.17, 15) is 14.7 Å². The molecule has 1 saturated heterocycles. The zero-order valence-electron chi connectivity index (χ0n) is 20.6. The Morgan fingerprint density at radius 2 is 2.00 bits per heavy atom. The van der Waals surface area contributed by atoms with Gasteiger partial charge in [0.05, 0.1) is 23.2 Å². The number of hydrogen-bond donors (Lipinski definition) is 2. The molecular weight excluding hydrogens is 548 g/mol. The summed E-state index contributed by atoms with van der Waals surface area (Å²) < 4.78 is 16.0. The van der Waals surface area contributed by atoms with E-state index in [-0.39, 0.29) is 17.4 Å². The van der Waals surface area contributed by atoms with Crippen LogP contribution in [0.25, 0.3) is 0 Å². The van der Waals surface area contributed by atoms with Crippen LogP contribution < -0.4 is 5.32 Å². The molecule has 0 bridgehead atoms. The van der Waals surface area contributed by atoms with Crippen molar-refractivity contribution in [2.45, 2.75) is 61.4 Å². The number of nitrogens with zero attached hydrogens (tertiary/aromatic N) is 2. The van der Waals surface area contributed by atoms with Gasteiger partial charge < -0.3 is 10.4 Å². The molecular formula is C28H26Cl2FN3O3S. The molecule has 0 unspecified atom stereocenters. The van der Waals surface area contributed by atoms with Gasteiger partial charge >= 0.3 is 5.97 Å². The summed E-state index contributed by atoms with van der Waals surface area (Å²) in [6.45, 7) is 0. The van der Waals surface area contributed by atoms with Crippen LogP contribution in [0.5, 0.6) is 0 Å². The number of carbonyl (C=O) groups is 2. The van der Waals surface area contributed by atoms with Crippen molar-refractivity contribution < 1.29 is 19.1 Å². The third kappa shape index (κ3) is 3.50. The third-order valence-electron chi connectivity index (χ3n) is 8.77. The molecule has 1 saturated carbocycles. The monoisotopic (exact) mass is 573 g/mol. The molecule has 2 N–H and O–H groups in total. The highest BCUT2D eigenvalue weighted by molar-refractivity contribution is 7.09. The Hall–Kier alpha value is -2.52. The second kappa shape index (κ2) is 9.30. The number of amides is 1. The van der Waals surface area contributed by atoms with Crippen molar-refractivity contribution >= 4 is 52.1 Å². The van der Waals surface area contributed by atoms with Crippen LogP contribution in [0.2, 0.25) is 10.0 Å². The van der Waals surface area contributed by atoms with Crippen molar-refractivity contribution in [3.63, 3.8) is 0 Å². The topological polar surface area (TPSA) is 82.5 Å². The molecule has 3 heterocycles. The Kier molecular flexibility index (Phi) is 6.30. The molecule has 3 aliphatic rings. The summed E-state index contributed by atoms with van der Waals surface area (Å²) in [4.78, 5) is 32.8. The first kappa shape index (κ1) is 25.7. The maximum Gasteiger partial charge on any atom is 0.309 e. The Labute approximate surface area is 233 Å². The van der Waals surface area contributed by atoms with Crippen LogP contribution in [0, 0.1) is 5.82 Å². The van der Waals surface area contributed by atoms with E-state index in [2.05, 4.69) is 10.2 Å². The Morgan fingerprint density at radius 1 is 1.24 bits per heavy atom. The van der Waals surface area contributed by atoms with Gasteiger partial charge in [0.15, 0.2) is 0 Å². The Balaban J connectivity index is 1.68. The quantitative estimate of drug-likeness (QED) is 0.368. The number of fused-ring (bicyclic) bond motifs is 3. The number of hydrogen-bond acceptors (Lipinski definition) is 5. The lowest BCUT2D eigenvalue weighted by atomic mass is 9.55. The van der Waals surface area contributed by atoms with Gasteiger partial charge in [0.2, 0.25) is 5.91 Å². The number of halogens is 3. The summed E-state index contributed by atoms with van der Waals surface area (Å²) in [7, 11) is 2.00. The maximum atomic E-state index is 16.0. The highest BCUT2D eigenvalue weighted by atomic mass is 35.5. The second-order valence-electron chi connectivity index (χ2n) is 10.5. The fourth-order valence-corrected chi connectivity index (χ4v) is 8.77. The number of rotatable bonds is 4.